The second-order valence-corrected chi connectivity index (χ2v) is 9.73. The second-order valence-electron chi connectivity index (χ2n) is 9.73. The molecule has 1 aromatic rings. The molecule has 2 rings (SSSR count). The molecule has 1 aromatic carbocycles. The molecule has 6 heteroatoms. The lowest BCUT2D eigenvalue weighted by atomic mass is 9.87. The summed E-state index contributed by atoms with van der Waals surface area (Å²) in [7, 11) is 0. The predicted octanol–water partition coefficient (Wildman–Crippen LogP) is 4.38. The fraction of sp³-hybridized carbons (Fsp3) is 0.708. The Kier molecular flexibility index (Phi) is 9.59. The normalized spacial score (nSPS) is 18.5. The van der Waals surface area contributed by atoms with Crippen LogP contribution in [0.3, 0.4) is 0 Å². The van der Waals surface area contributed by atoms with Crippen LogP contribution in [0.5, 0.6) is 0 Å². The Balaban J connectivity index is 1.83. The van der Waals surface area contributed by atoms with Crippen LogP contribution in [-0.4, -0.2) is 54.0 Å². The standard InChI is InChI=1S/C24H41N3O3/c1-18(2)27(16-22-8-6-7-13-30-22)15-20-9-11-21(12-10-20)26-23(29)25-17-24(4,5)14-19(3)28/h9-12,18-19,22,28H,6-8,13-17H2,1-5H3,(H2,25,26,29). The van der Waals surface area contributed by atoms with E-state index >= 15 is 0 Å². The van der Waals surface area contributed by atoms with Gasteiger partial charge in [-0.2, -0.15) is 0 Å². The summed E-state index contributed by atoms with van der Waals surface area (Å²) in [6.45, 7) is 13.5. The number of anilines is 1. The lowest BCUT2D eigenvalue weighted by Gasteiger charge is -2.32. The average molecular weight is 420 g/mol. The van der Waals surface area contributed by atoms with Crippen LogP contribution in [0, 0.1) is 5.41 Å². The monoisotopic (exact) mass is 419 g/mol. The van der Waals surface area contributed by atoms with Crippen molar-refractivity contribution in [3.8, 4) is 0 Å². The van der Waals surface area contributed by atoms with Crippen LogP contribution < -0.4 is 10.6 Å². The minimum Gasteiger partial charge on any atom is -0.393 e. The van der Waals surface area contributed by atoms with E-state index in [9.17, 15) is 9.90 Å². The van der Waals surface area contributed by atoms with Gasteiger partial charge >= 0.3 is 6.03 Å². The van der Waals surface area contributed by atoms with Crippen molar-refractivity contribution in [1.29, 1.82) is 0 Å². The quantitative estimate of drug-likeness (QED) is 0.526. The number of hydrogen-bond acceptors (Lipinski definition) is 4. The number of carbonyl (C=O) groups excluding carboxylic acids is 1. The summed E-state index contributed by atoms with van der Waals surface area (Å²) in [5.74, 6) is 0. The average Bonchev–Trinajstić information content (AvgIpc) is 2.67. The van der Waals surface area contributed by atoms with Crippen LogP contribution in [0.2, 0.25) is 0 Å². The van der Waals surface area contributed by atoms with E-state index in [0.717, 1.165) is 31.8 Å². The molecule has 3 N–H and O–H groups in total. The lowest BCUT2D eigenvalue weighted by molar-refractivity contribution is -0.0129. The maximum atomic E-state index is 12.2. The molecule has 1 fully saturated rings. The molecule has 2 unspecified atom stereocenters. The highest BCUT2D eigenvalue weighted by Crippen LogP contribution is 2.21. The fourth-order valence-corrected chi connectivity index (χ4v) is 3.97. The number of ether oxygens (including phenoxy) is 1. The van der Waals surface area contributed by atoms with Gasteiger partial charge in [0.2, 0.25) is 0 Å². The van der Waals surface area contributed by atoms with Crippen molar-refractivity contribution >= 4 is 11.7 Å². The van der Waals surface area contributed by atoms with Gasteiger partial charge in [0.25, 0.3) is 0 Å². The number of nitrogens with zero attached hydrogens (tertiary/aromatic N) is 1. The number of aliphatic hydroxyl groups excluding tert-OH is 1. The molecule has 1 saturated heterocycles. The third-order valence-electron chi connectivity index (χ3n) is 5.62. The van der Waals surface area contributed by atoms with Crippen LogP contribution in [0.25, 0.3) is 0 Å². The Bertz CT molecular complexity index is 638. The third-order valence-corrected chi connectivity index (χ3v) is 5.62. The molecule has 1 aliphatic rings. The number of amides is 2. The van der Waals surface area contributed by atoms with Gasteiger partial charge in [-0.1, -0.05) is 26.0 Å². The van der Waals surface area contributed by atoms with Crippen LogP contribution >= 0.6 is 0 Å². The maximum Gasteiger partial charge on any atom is 0.319 e. The van der Waals surface area contributed by atoms with Crippen LogP contribution in [0.15, 0.2) is 24.3 Å². The minimum absolute atomic E-state index is 0.155. The molecule has 1 aliphatic heterocycles. The maximum absolute atomic E-state index is 12.2. The van der Waals surface area contributed by atoms with Crippen molar-refractivity contribution in [2.24, 2.45) is 5.41 Å². The third kappa shape index (κ3) is 9.02. The zero-order valence-electron chi connectivity index (χ0n) is 19.4. The predicted molar refractivity (Wildman–Crippen MR) is 123 cm³/mol. The van der Waals surface area contributed by atoms with Crippen molar-refractivity contribution < 1.29 is 14.6 Å². The first-order valence-corrected chi connectivity index (χ1v) is 11.3. The van der Waals surface area contributed by atoms with Crippen molar-refractivity contribution in [1.82, 2.24) is 10.2 Å². The summed E-state index contributed by atoms with van der Waals surface area (Å²) < 4.78 is 5.92. The molecule has 0 aliphatic carbocycles. The molecule has 2 atom stereocenters. The molecule has 0 bridgehead atoms. The molecule has 2 amide bonds. The Hall–Kier alpha value is -1.63. The van der Waals surface area contributed by atoms with E-state index in [1.54, 1.807) is 6.92 Å². The summed E-state index contributed by atoms with van der Waals surface area (Å²) in [6.07, 6.45) is 4.18. The van der Waals surface area contributed by atoms with Gasteiger partial charge in [0.15, 0.2) is 0 Å². The van der Waals surface area contributed by atoms with E-state index in [4.69, 9.17) is 4.74 Å². The Morgan fingerprint density at radius 2 is 1.93 bits per heavy atom. The molecular weight excluding hydrogens is 378 g/mol. The smallest absolute Gasteiger partial charge is 0.319 e. The molecule has 0 aromatic heterocycles. The molecule has 170 valence electrons. The van der Waals surface area contributed by atoms with Crippen molar-refractivity contribution in [3.05, 3.63) is 29.8 Å². The number of carbonyl (C=O) groups is 1. The topological polar surface area (TPSA) is 73.8 Å². The van der Waals surface area contributed by atoms with E-state index in [-0.39, 0.29) is 17.6 Å². The first kappa shape index (κ1) is 24.6. The highest BCUT2D eigenvalue weighted by atomic mass is 16.5. The lowest BCUT2D eigenvalue weighted by Crippen LogP contribution is -2.39. The summed E-state index contributed by atoms with van der Waals surface area (Å²) in [5.41, 5.74) is 1.84. The van der Waals surface area contributed by atoms with E-state index in [1.165, 1.54) is 18.4 Å². The summed E-state index contributed by atoms with van der Waals surface area (Å²) in [5, 5.41) is 15.4. The summed E-state index contributed by atoms with van der Waals surface area (Å²) in [6, 6.07) is 8.27. The largest absolute Gasteiger partial charge is 0.393 e. The SMILES string of the molecule is CC(O)CC(C)(C)CNC(=O)Nc1ccc(CN(CC2CCCCO2)C(C)C)cc1. The van der Waals surface area contributed by atoms with Gasteiger partial charge in [0, 0.05) is 38.0 Å². The number of aliphatic hydroxyl groups is 1. The molecule has 0 spiro atoms. The van der Waals surface area contributed by atoms with Gasteiger partial charge in [-0.15, -0.1) is 0 Å². The number of benzene rings is 1. The summed E-state index contributed by atoms with van der Waals surface area (Å²) in [4.78, 5) is 14.7. The molecule has 0 saturated carbocycles. The van der Waals surface area contributed by atoms with Crippen molar-refractivity contribution in [2.75, 3.05) is 25.0 Å². The Morgan fingerprint density at radius 1 is 1.23 bits per heavy atom. The Labute approximate surface area is 182 Å². The van der Waals surface area contributed by atoms with E-state index in [1.807, 2.05) is 26.0 Å². The zero-order chi connectivity index (χ0) is 22.1. The fourth-order valence-electron chi connectivity index (χ4n) is 3.97. The van der Waals surface area contributed by atoms with Gasteiger partial charge in [0.05, 0.1) is 12.2 Å². The molecule has 30 heavy (non-hydrogen) atoms. The zero-order valence-corrected chi connectivity index (χ0v) is 19.4. The van der Waals surface area contributed by atoms with Gasteiger partial charge in [-0.05, 0) is 69.6 Å². The highest BCUT2D eigenvalue weighted by molar-refractivity contribution is 5.89. The number of hydrogen-bond donors (Lipinski definition) is 3. The van der Waals surface area contributed by atoms with Crippen molar-refractivity contribution in [3.63, 3.8) is 0 Å². The van der Waals surface area contributed by atoms with Crippen LogP contribution in [0.4, 0.5) is 10.5 Å². The van der Waals surface area contributed by atoms with Gasteiger partial charge < -0.3 is 20.5 Å². The number of nitrogens with one attached hydrogen (secondary N) is 2. The van der Waals surface area contributed by atoms with Gasteiger partial charge in [-0.25, -0.2) is 4.79 Å². The number of rotatable bonds is 10. The molecule has 1 heterocycles. The molecule has 0 radical (unpaired) electrons. The van der Waals surface area contributed by atoms with Gasteiger partial charge in [-0.3, -0.25) is 4.90 Å². The van der Waals surface area contributed by atoms with Crippen LogP contribution in [-0.2, 0) is 11.3 Å². The number of urea groups is 1. The van der Waals surface area contributed by atoms with Crippen molar-refractivity contribution in [2.45, 2.75) is 85.1 Å². The van der Waals surface area contributed by atoms with Gasteiger partial charge in [0.1, 0.15) is 0 Å². The van der Waals surface area contributed by atoms with E-state index in [2.05, 4.69) is 41.5 Å². The molecule has 6 nitrogen and oxygen atoms in total. The van der Waals surface area contributed by atoms with E-state index < -0.39 is 0 Å². The first-order valence-electron chi connectivity index (χ1n) is 11.3. The summed E-state index contributed by atoms with van der Waals surface area (Å²) >= 11 is 0. The molecular formula is C24H41N3O3. The van der Waals surface area contributed by atoms with E-state index in [0.29, 0.717) is 25.1 Å². The highest BCUT2D eigenvalue weighted by Gasteiger charge is 2.21. The Morgan fingerprint density at radius 3 is 2.50 bits per heavy atom. The first-order chi connectivity index (χ1) is 14.1. The van der Waals surface area contributed by atoms with Crippen LogP contribution in [0.1, 0.15) is 65.9 Å². The second kappa shape index (κ2) is 11.7. The minimum atomic E-state index is -0.382.